The lowest BCUT2D eigenvalue weighted by molar-refractivity contribution is 0.371. The molecule has 2 unspecified atom stereocenters. The van der Waals surface area contributed by atoms with E-state index in [1.165, 1.54) is 25.0 Å². The SMILES string of the molecule is CCSC1CCCC1NCc1cc(Br)c(O)c(OC)c1. The summed E-state index contributed by atoms with van der Waals surface area (Å²) in [7, 11) is 1.57. The summed E-state index contributed by atoms with van der Waals surface area (Å²) in [5, 5.41) is 14.2. The number of nitrogens with one attached hydrogen (secondary N) is 1. The van der Waals surface area contributed by atoms with Crippen molar-refractivity contribution in [1.29, 1.82) is 0 Å². The number of hydrogen-bond donors (Lipinski definition) is 2. The van der Waals surface area contributed by atoms with Crippen LogP contribution in [0.15, 0.2) is 16.6 Å². The maximum atomic E-state index is 9.82. The van der Waals surface area contributed by atoms with Gasteiger partial charge < -0.3 is 15.2 Å². The van der Waals surface area contributed by atoms with Crippen LogP contribution < -0.4 is 10.1 Å². The number of methoxy groups -OCH3 is 1. The van der Waals surface area contributed by atoms with Gasteiger partial charge in [-0.05, 0) is 52.2 Å². The molecule has 1 aromatic carbocycles. The van der Waals surface area contributed by atoms with Crippen molar-refractivity contribution in [3.05, 3.63) is 22.2 Å². The Morgan fingerprint density at radius 1 is 1.45 bits per heavy atom. The number of ether oxygens (including phenoxy) is 1. The molecule has 0 heterocycles. The summed E-state index contributed by atoms with van der Waals surface area (Å²) in [6.45, 7) is 3.03. The highest BCUT2D eigenvalue weighted by molar-refractivity contribution is 9.10. The van der Waals surface area contributed by atoms with Gasteiger partial charge in [0.25, 0.3) is 0 Å². The molecular weight excluding hydrogens is 338 g/mol. The van der Waals surface area contributed by atoms with Crippen LogP contribution in [0.1, 0.15) is 31.7 Å². The zero-order valence-corrected chi connectivity index (χ0v) is 14.4. The Balaban J connectivity index is 1.98. The Hall–Kier alpha value is -0.390. The van der Waals surface area contributed by atoms with E-state index in [1.54, 1.807) is 7.11 Å². The van der Waals surface area contributed by atoms with Crippen molar-refractivity contribution in [3.63, 3.8) is 0 Å². The molecule has 0 aromatic heterocycles. The maximum absolute atomic E-state index is 9.82. The van der Waals surface area contributed by atoms with Gasteiger partial charge in [0.1, 0.15) is 0 Å². The first-order valence-corrected chi connectivity index (χ1v) is 8.90. The molecule has 1 aliphatic rings. The van der Waals surface area contributed by atoms with Gasteiger partial charge in [-0.25, -0.2) is 0 Å². The van der Waals surface area contributed by atoms with Crippen molar-refractivity contribution in [1.82, 2.24) is 5.32 Å². The highest BCUT2D eigenvalue weighted by Crippen LogP contribution is 2.35. The van der Waals surface area contributed by atoms with Crippen molar-refractivity contribution >= 4 is 27.7 Å². The summed E-state index contributed by atoms with van der Waals surface area (Å²) in [5.41, 5.74) is 1.12. The predicted octanol–water partition coefficient (Wildman–Crippen LogP) is 3.93. The number of rotatable bonds is 6. The fourth-order valence-corrected chi connectivity index (χ4v) is 4.42. The van der Waals surface area contributed by atoms with E-state index in [0.29, 0.717) is 16.3 Å². The van der Waals surface area contributed by atoms with Crippen LogP contribution in [0.4, 0.5) is 0 Å². The molecule has 0 radical (unpaired) electrons. The number of hydrogen-bond acceptors (Lipinski definition) is 4. The number of benzene rings is 1. The van der Waals surface area contributed by atoms with E-state index in [2.05, 4.69) is 39.9 Å². The number of aromatic hydroxyl groups is 1. The Morgan fingerprint density at radius 2 is 2.25 bits per heavy atom. The van der Waals surface area contributed by atoms with Crippen molar-refractivity contribution in [2.45, 2.75) is 44.0 Å². The molecule has 1 fully saturated rings. The van der Waals surface area contributed by atoms with Crippen LogP contribution in [0.2, 0.25) is 0 Å². The average Bonchev–Trinajstić information content (AvgIpc) is 2.88. The summed E-state index contributed by atoms with van der Waals surface area (Å²) in [5.74, 6) is 1.86. The van der Waals surface area contributed by atoms with E-state index in [9.17, 15) is 5.11 Å². The Kier molecular flexibility index (Phi) is 6.05. The first-order valence-electron chi connectivity index (χ1n) is 7.06. The highest BCUT2D eigenvalue weighted by atomic mass is 79.9. The lowest BCUT2D eigenvalue weighted by Crippen LogP contribution is -2.33. The van der Waals surface area contributed by atoms with Crippen LogP contribution in [-0.4, -0.2) is 29.3 Å². The molecule has 1 saturated carbocycles. The molecule has 0 amide bonds. The molecular formula is C15H22BrNO2S. The fourth-order valence-electron chi connectivity index (χ4n) is 2.71. The van der Waals surface area contributed by atoms with Crippen LogP contribution in [-0.2, 0) is 6.54 Å². The fraction of sp³-hybridized carbons (Fsp3) is 0.600. The Bertz CT molecular complexity index is 456. The van der Waals surface area contributed by atoms with Crippen LogP contribution in [0.5, 0.6) is 11.5 Å². The first-order chi connectivity index (χ1) is 9.65. The number of phenols is 1. The van der Waals surface area contributed by atoms with E-state index >= 15 is 0 Å². The highest BCUT2D eigenvalue weighted by Gasteiger charge is 2.26. The van der Waals surface area contributed by atoms with Gasteiger partial charge in [-0.15, -0.1) is 0 Å². The van der Waals surface area contributed by atoms with E-state index < -0.39 is 0 Å². The molecule has 5 heteroatoms. The lowest BCUT2D eigenvalue weighted by Gasteiger charge is -2.20. The normalized spacial score (nSPS) is 22.1. The number of phenolic OH excluding ortho intramolecular Hbond substituents is 1. The second-order valence-electron chi connectivity index (χ2n) is 5.04. The zero-order valence-electron chi connectivity index (χ0n) is 12.0. The Morgan fingerprint density at radius 3 is 2.95 bits per heavy atom. The molecule has 3 nitrogen and oxygen atoms in total. The van der Waals surface area contributed by atoms with Gasteiger partial charge in [-0.3, -0.25) is 0 Å². The third-order valence-corrected chi connectivity index (χ3v) is 5.64. The average molecular weight is 360 g/mol. The molecule has 1 aliphatic carbocycles. The molecule has 2 atom stereocenters. The summed E-state index contributed by atoms with van der Waals surface area (Å²) in [4.78, 5) is 0. The van der Waals surface area contributed by atoms with Gasteiger partial charge >= 0.3 is 0 Å². The van der Waals surface area contributed by atoms with Crippen LogP contribution in [0.25, 0.3) is 0 Å². The topological polar surface area (TPSA) is 41.5 Å². The van der Waals surface area contributed by atoms with Crippen molar-refractivity contribution < 1.29 is 9.84 Å². The van der Waals surface area contributed by atoms with Gasteiger partial charge in [-0.1, -0.05) is 13.3 Å². The molecule has 2 rings (SSSR count). The minimum Gasteiger partial charge on any atom is -0.503 e. The van der Waals surface area contributed by atoms with E-state index in [1.807, 2.05) is 12.1 Å². The summed E-state index contributed by atoms with van der Waals surface area (Å²) in [6, 6.07) is 4.43. The van der Waals surface area contributed by atoms with E-state index in [-0.39, 0.29) is 5.75 Å². The molecule has 1 aromatic rings. The third-order valence-electron chi connectivity index (χ3n) is 3.71. The molecule has 0 bridgehead atoms. The monoisotopic (exact) mass is 359 g/mol. The predicted molar refractivity (Wildman–Crippen MR) is 88.8 cm³/mol. The summed E-state index contributed by atoms with van der Waals surface area (Å²) >= 11 is 5.43. The van der Waals surface area contributed by atoms with Gasteiger partial charge in [0.15, 0.2) is 11.5 Å². The summed E-state index contributed by atoms with van der Waals surface area (Å²) < 4.78 is 5.87. The van der Waals surface area contributed by atoms with Crippen molar-refractivity contribution in [2.24, 2.45) is 0 Å². The second-order valence-corrected chi connectivity index (χ2v) is 7.41. The zero-order chi connectivity index (χ0) is 14.5. The molecule has 0 aliphatic heterocycles. The molecule has 0 spiro atoms. The van der Waals surface area contributed by atoms with Crippen molar-refractivity contribution in [3.8, 4) is 11.5 Å². The van der Waals surface area contributed by atoms with Gasteiger partial charge in [0, 0.05) is 17.8 Å². The molecule has 112 valence electrons. The van der Waals surface area contributed by atoms with Crippen LogP contribution >= 0.6 is 27.7 Å². The van der Waals surface area contributed by atoms with Gasteiger partial charge in [0.2, 0.25) is 0 Å². The molecule has 0 saturated heterocycles. The van der Waals surface area contributed by atoms with E-state index in [0.717, 1.165) is 17.4 Å². The van der Waals surface area contributed by atoms with E-state index in [4.69, 9.17) is 4.74 Å². The van der Waals surface area contributed by atoms with Crippen LogP contribution in [0, 0.1) is 0 Å². The minimum atomic E-state index is 0.163. The summed E-state index contributed by atoms with van der Waals surface area (Å²) in [6.07, 6.45) is 3.89. The lowest BCUT2D eigenvalue weighted by atomic mass is 10.1. The minimum absolute atomic E-state index is 0.163. The van der Waals surface area contributed by atoms with Gasteiger partial charge in [0.05, 0.1) is 11.6 Å². The standard InChI is InChI=1S/C15H22BrNO2S/c1-3-20-14-6-4-5-12(14)17-9-10-7-11(16)15(18)13(8-10)19-2/h7-8,12,14,17-18H,3-6,9H2,1-2H3. The molecule has 20 heavy (non-hydrogen) atoms. The van der Waals surface area contributed by atoms with Gasteiger partial charge in [-0.2, -0.15) is 11.8 Å². The number of thioether (sulfide) groups is 1. The van der Waals surface area contributed by atoms with Crippen LogP contribution in [0.3, 0.4) is 0 Å². The first kappa shape index (κ1) is 16.0. The molecule has 2 N–H and O–H groups in total. The number of halogens is 1. The quantitative estimate of drug-likeness (QED) is 0.807. The maximum Gasteiger partial charge on any atom is 0.172 e. The smallest absolute Gasteiger partial charge is 0.172 e. The third kappa shape index (κ3) is 3.83. The Labute approximate surface area is 133 Å². The largest absolute Gasteiger partial charge is 0.503 e. The van der Waals surface area contributed by atoms with Crippen molar-refractivity contribution in [2.75, 3.05) is 12.9 Å². The second kappa shape index (κ2) is 7.57.